The standard InChI is InChI=1S/C25H31FN6S/c1-14-8-15(9-16-13-31(6)29-20(14)16)21-19(26)22-18(12-27-21)28-23(33-22)32(7)17-10-24(2,3)30-25(4,5)11-17/h8-9,12-13,17,30H,10-11H2,1-7H3. The van der Waals surface area contributed by atoms with Gasteiger partial charge in [0.05, 0.1) is 16.4 Å². The van der Waals surface area contributed by atoms with Crippen LogP contribution in [0.1, 0.15) is 46.1 Å². The molecule has 0 spiro atoms. The summed E-state index contributed by atoms with van der Waals surface area (Å²) in [5, 5.41) is 10.0. The summed E-state index contributed by atoms with van der Waals surface area (Å²) in [6.07, 6.45) is 5.64. The van der Waals surface area contributed by atoms with Crippen molar-refractivity contribution in [3.63, 3.8) is 0 Å². The molecule has 33 heavy (non-hydrogen) atoms. The largest absolute Gasteiger partial charge is 0.348 e. The highest BCUT2D eigenvalue weighted by atomic mass is 32.1. The Balaban J connectivity index is 1.53. The van der Waals surface area contributed by atoms with Crippen LogP contribution in [0.25, 0.3) is 32.4 Å². The van der Waals surface area contributed by atoms with Crippen LogP contribution in [0.15, 0.2) is 24.5 Å². The van der Waals surface area contributed by atoms with E-state index in [-0.39, 0.29) is 16.9 Å². The number of anilines is 1. The predicted octanol–water partition coefficient (Wildman–Crippen LogP) is 5.44. The van der Waals surface area contributed by atoms with Crippen LogP contribution in [0.4, 0.5) is 9.52 Å². The lowest BCUT2D eigenvalue weighted by molar-refractivity contribution is 0.161. The van der Waals surface area contributed by atoms with Gasteiger partial charge in [-0.2, -0.15) is 5.10 Å². The third-order valence-electron chi connectivity index (χ3n) is 6.57. The van der Waals surface area contributed by atoms with Gasteiger partial charge in [-0.1, -0.05) is 11.3 Å². The fraction of sp³-hybridized carbons (Fsp3) is 0.480. The van der Waals surface area contributed by atoms with Gasteiger partial charge in [0.15, 0.2) is 10.9 Å². The molecule has 0 amide bonds. The molecule has 0 saturated carbocycles. The number of piperidine rings is 1. The van der Waals surface area contributed by atoms with Gasteiger partial charge in [0, 0.05) is 48.4 Å². The molecule has 1 aliphatic heterocycles. The number of hydrogen-bond acceptors (Lipinski definition) is 6. The maximum Gasteiger partial charge on any atom is 0.186 e. The van der Waals surface area contributed by atoms with E-state index >= 15 is 4.39 Å². The van der Waals surface area contributed by atoms with Crippen molar-refractivity contribution < 1.29 is 4.39 Å². The highest BCUT2D eigenvalue weighted by Gasteiger charge is 2.39. The highest BCUT2D eigenvalue weighted by molar-refractivity contribution is 7.22. The molecule has 5 rings (SSSR count). The van der Waals surface area contributed by atoms with Crippen LogP contribution in [0.5, 0.6) is 0 Å². The van der Waals surface area contributed by atoms with Crippen molar-refractivity contribution in [2.24, 2.45) is 7.05 Å². The van der Waals surface area contributed by atoms with Crippen LogP contribution < -0.4 is 10.2 Å². The van der Waals surface area contributed by atoms with E-state index in [1.807, 2.05) is 32.3 Å². The summed E-state index contributed by atoms with van der Waals surface area (Å²) >= 11 is 1.41. The van der Waals surface area contributed by atoms with Crippen LogP contribution >= 0.6 is 11.3 Å². The van der Waals surface area contributed by atoms with Gasteiger partial charge >= 0.3 is 0 Å². The SMILES string of the molecule is Cc1cc(-c2ncc3nc(N(C)C4CC(C)(C)NC(C)(C)C4)sc3c2F)cc2cn(C)nc12. The molecule has 0 bridgehead atoms. The maximum atomic E-state index is 15.7. The molecule has 8 heteroatoms. The maximum absolute atomic E-state index is 15.7. The molecule has 0 radical (unpaired) electrons. The van der Waals surface area contributed by atoms with Gasteiger partial charge in [0.1, 0.15) is 11.2 Å². The van der Waals surface area contributed by atoms with Crippen molar-refractivity contribution in [3.8, 4) is 11.3 Å². The zero-order valence-electron chi connectivity index (χ0n) is 20.3. The summed E-state index contributed by atoms with van der Waals surface area (Å²) in [4.78, 5) is 11.5. The third-order valence-corrected chi connectivity index (χ3v) is 7.72. The number of halogens is 1. The molecule has 1 fully saturated rings. The zero-order valence-corrected chi connectivity index (χ0v) is 21.1. The molecular weight excluding hydrogens is 435 g/mol. The van der Waals surface area contributed by atoms with E-state index in [1.54, 1.807) is 10.9 Å². The molecule has 4 aromatic rings. The highest BCUT2D eigenvalue weighted by Crippen LogP contribution is 2.38. The molecule has 1 aromatic carbocycles. The van der Waals surface area contributed by atoms with Gasteiger partial charge in [-0.15, -0.1) is 0 Å². The predicted molar refractivity (Wildman–Crippen MR) is 135 cm³/mol. The lowest BCUT2D eigenvalue weighted by Gasteiger charge is -2.48. The second kappa shape index (κ2) is 7.46. The third kappa shape index (κ3) is 3.99. The minimum Gasteiger partial charge on any atom is -0.348 e. The number of nitrogens with zero attached hydrogens (tertiary/aromatic N) is 5. The summed E-state index contributed by atoms with van der Waals surface area (Å²) in [6.45, 7) is 11.0. The number of aryl methyl sites for hydroxylation is 2. The summed E-state index contributed by atoms with van der Waals surface area (Å²) in [5.41, 5.74) is 3.72. The second-order valence-corrected chi connectivity index (χ2v) is 11.7. The monoisotopic (exact) mass is 466 g/mol. The lowest BCUT2D eigenvalue weighted by atomic mass is 9.79. The number of rotatable bonds is 3. The Hall–Kier alpha value is -2.58. The topological polar surface area (TPSA) is 58.9 Å². The quantitative estimate of drug-likeness (QED) is 0.436. The van der Waals surface area contributed by atoms with Gasteiger partial charge in [-0.25, -0.2) is 9.37 Å². The van der Waals surface area contributed by atoms with E-state index in [0.29, 0.717) is 22.0 Å². The van der Waals surface area contributed by atoms with Gasteiger partial charge < -0.3 is 10.2 Å². The average Bonchev–Trinajstić information content (AvgIpc) is 3.29. The van der Waals surface area contributed by atoms with E-state index in [0.717, 1.165) is 40.0 Å². The fourth-order valence-corrected chi connectivity index (χ4v) is 6.48. The summed E-state index contributed by atoms with van der Waals surface area (Å²) in [5.74, 6) is -0.307. The molecule has 4 heterocycles. The summed E-state index contributed by atoms with van der Waals surface area (Å²) < 4.78 is 18.1. The molecule has 6 nitrogen and oxygen atoms in total. The molecule has 0 atom stereocenters. The molecule has 0 unspecified atom stereocenters. The van der Waals surface area contributed by atoms with E-state index in [1.165, 1.54) is 11.3 Å². The molecule has 1 saturated heterocycles. The number of aromatic nitrogens is 4. The van der Waals surface area contributed by atoms with E-state index in [4.69, 9.17) is 4.98 Å². The van der Waals surface area contributed by atoms with Crippen molar-refractivity contribution >= 4 is 37.6 Å². The first-order chi connectivity index (χ1) is 15.4. The Morgan fingerprint density at radius 3 is 2.58 bits per heavy atom. The molecule has 0 aliphatic carbocycles. The van der Waals surface area contributed by atoms with Gasteiger partial charge in [-0.05, 0) is 65.2 Å². The smallest absolute Gasteiger partial charge is 0.186 e. The van der Waals surface area contributed by atoms with Crippen molar-refractivity contribution in [2.45, 2.75) is 64.6 Å². The number of nitrogens with one attached hydrogen (secondary N) is 1. The first-order valence-electron chi connectivity index (χ1n) is 11.3. The Morgan fingerprint density at radius 2 is 1.88 bits per heavy atom. The normalized spacial score (nSPS) is 18.3. The van der Waals surface area contributed by atoms with Gasteiger partial charge in [0.25, 0.3) is 0 Å². The van der Waals surface area contributed by atoms with E-state index in [2.05, 4.69) is 55.0 Å². The number of pyridine rings is 1. The van der Waals surface area contributed by atoms with Gasteiger partial charge in [-0.3, -0.25) is 9.67 Å². The van der Waals surface area contributed by atoms with Crippen LogP contribution in [0.2, 0.25) is 0 Å². The Morgan fingerprint density at radius 1 is 1.18 bits per heavy atom. The minimum atomic E-state index is -0.307. The van der Waals surface area contributed by atoms with Crippen LogP contribution in [0.3, 0.4) is 0 Å². The molecule has 174 valence electrons. The Kier molecular flexibility index (Phi) is 5.03. The number of fused-ring (bicyclic) bond motifs is 2. The molecular formula is C25H31FN6S. The van der Waals surface area contributed by atoms with Crippen molar-refractivity contribution in [1.29, 1.82) is 0 Å². The fourth-order valence-electron chi connectivity index (χ4n) is 5.47. The average molecular weight is 467 g/mol. The van der Waals surface area contributed by atoms with Crippen LogP contribution in [0, 0.1) is 12.7 Å². The molecule has 1 N–H and O–H groups in total. The minimum absolute atomic E-state index is 0.0279. The molecule has 3 aromatic heterocycles. The Bertz CT molecular complexity index is 1350. The zero-order chi connectivity index (χ0) is 23.7. The number of benzene rings is 1. The van der Waals surface area contributed by atoms with Gasteiger partial charge in [0.2, 0.25) is 0 Å². The Labute approximate surface area is 197 Å². The van der Waals surface area contributed by atoms with Crippen LogP contribution in [-0.2, 0) is 7.05 Å². The van der Waals surface area contributed by atoms with Crippen molar-refractivity contribution in [1.82, 2.24) is 25.1 Å². The lowest BCUT2D eigenvalue weighted by Crippen LogP contribution is -2.61. The number of hydrogen-bond donors (Lipinski definition) is 1. The van der Waals surface area contributed by atoms with E-state index in [9.17, 15) is 0 Å². The summed E-state index contributed by atoms with van der Waals surface area (Å²) in [7, 11) is 3.97. The van der Waals surface area contributed by atoms with E-state index < -0.39 is 0 Å². The second-order valence-electron chi connectivity index (χ2n) is 10.7. The molecule has 1 aliphatic rings. The van der Waals surface area contributed by atoms with Crippen LogP contribution in [-0.4, -0.2) is 43.9 Å². The first-order valence-corrected chi connectivity index (χ1v) is 12.2. The first kappa shape index (κ1) is 22.2. The van der Waals surface area contributed by atoms with Crippen molar-refractivity contribution in [2.75, 3.05) is 11.9 Å². The summed E-state index contributed by atoms with van der Waals surface area (Å²) in [6, 6.07) is 4.24. The number of thiazole rings is 1. The van der Waals surface area contributed by atoms with Crippen molar-refractivity contribution in [3.05, 3.63) is 35.9 Å².